The van der Waals surface area contributed by atoms with Crippen molar-refractivity contribution >= 4 is 11.5 Å². The number of hydrogen-bond donors (Lipinski definition) is 3. The van der Waals surface area contributed by atoms with Crippen molar-refractivity contribution in [2.45, 2.75) is 6.54 Å². The molecule has 0 aliphatic rings. The van der Waals surface area contributed by atoms with E-state index in [0.717, 1.165) is 11.3 Å². The quantitative estimate of drug-likeness (QED) is 0.673. The summed E-state index contributed by atoms with van der Waals surface area (Å²) in [4.78, 5) is 22.2. The van der Waals surface area contributed by atoms with E-state index in [1.807, 2.05) is 18.2 Å². The molecule has 0 amide bonds. The van der Waals surface area contributed by atoms with Crippen LogP contribution in [0.1, 0.15) is 5.56 Å². The fraction of sp³-hybridized carbons (Fsp3) is 0.0714. The van der Waals surface area contributed by atoms with Crippen molar-refractivity contribution in [2.24, 2.45) is 0 Å². The molecule has 0 saturated heterocycles. The van der Waals surface area contributed by atoms with Gasteiger partial charge in [0.25, 0.3) is 0 Å². The molecular formula is C14H13N5O2. The Hall–Kier alpha value is -3.09. The Morgan fingerprint density at radius 2 is 2.24 bits per heavy atom. The van der Waals surface area contributed by atoms with Gasteiger partial charge in [0.2, 0.25) is 5.88 Å². The summed E-state index contributed by atoms with van der Waals surface area (Å²) in [6, 6.07) is 7.30. The van der Waals surface area contributed by atoms with Crippen LogP contribution in [0.2, 0.25) is 0 Å². The highest BCUT2D eigenvalue weighted by Crippen LogP contribution is 2.15. The van der Waals surface area contributed by atoms with E-state index in [-0.39, 0.29) is 18.1 Å². The molecule has 0 aromatic carbocycles. The largest absolute Gasteiger partial charge is 0.493 e. The lowest BCUT2D eigenvalue weighted by atomic mass is 10.2. The van der Waals surface area contributed by atoms with Crippen molar-refractivity contribution in [3.05, 3.63) is 65.1 Å². The van der Waals surface area contributed by atoms with Gasteiger partial charge in [-0.05, 0) is 29.8 Å². The van der Waals surface area contributed by atoms with Crippen LogP contribution in [0.25, 0.3) is 0 Å². The van der Waals surface area contributed by atoms with Crippen LogP contribution in [-0.2, 0) is 6.54 Å². The number of hydrogen-bond acceptors (Lipinski definition) is 5. The first kappa shape index (κ1) is 12.9. The molecule has 106 valence electrons. The Balaban J connectivity index is 1.82. The Morgan fingerprint density at radius 3 is 2.95 bits per heavy atom. The Labute approximate surface area is 119 Å². The molecule has 21 heavy (non-hydrogen) atoms. The number of aromatic nitrogens is 4. The van der Waals surface area contributed by atoms with E-state index in [1.54, 1.807) is 24.7 Å². The highest BCUT2D eigenvalue weighted by atomic mass is 16.3. The first-order chi connectivity index (χ1) is 10.2. The number of aromatic hydroxyl groups is 1. The zero-order valence-corrected chi connectivity index (χ0v) is 11.0. The van der Waals surface area contributed by atoms with Crippen molar-refractivity contribution in [1.29, 1.82) is 0 Å². The van der Waals surface area contributed by atoms with Crippen LogP contribution in [0.15, 0.2) is 53.8 Å². The van der Waals surface area contributed by atoms with Gasteiger partial charge in [0.05, 0.1) is 24.6 Å². The molecule has 3 N–H and O–H groups in total. The third kappa shape index (κ3) is 2.92. The van der Waals surface area contributed by atoms with Crippen LogP contribution in [-0.4, -0.2) is 24.6 Å². The lowest BCUT2D eigenvalue weighted by Gasteiger charge is -2.07. The smallest absolute Gasteiger partial charge is 0.328 e. The topological polar surface area (TPSA) is 95.8 Å². The molecule has 0 atom stereocenters. The van der Waals surface area contributed by atoms with Crippen molar-refractivity contribution in [3.63, 3.8) is 0 Å². The second-order valence-corrected chi connectivity index (χ2v) is 4.45. The van der Waals surface area contributed by atoms with E-state index in [2.05, 4.69) is 20.3 Å². The van der Waals surface area contributed by atoms with Gasteiger partial charge in [-0.25, -0.2) is 9.78 Å². The fourth-order valence-corrected chi connectivity index (χ4v) is 1.95. The average molecular weight is 283 g/mol. The molecule has 0 aliphatic heterocycles. The number of nitrogens with zero attached hydrogens (tertiary/aromatic N) is 3. The predicted molar refractivity (Wildman–Crippen MR) is 77.6 cm³/mol. The van der Waals surface area contributed by atoms with E-state index < -0.39 is 0 Å². The highest BCUT2D eigenvalue weighted by Gasteiger charge is 2.06. The molecule has 3 aromatic rings. The summed E-state index contributed by atoms with van der Waals surface area (Å²) in [6.07, 6.45) is 6.29. The number of rotatable bonds is 4. The monoisotopic (exact) mass is 283 g/mol. The van der Waals surface area contributed by atoms with Gasteiger partial charge in [-0.2, -0.15) is 0 Å². The van der Waals surface area contributed by atoms with Gasteiger partial charge in [0, 0.05) is 12.4 Å². The summed E-state index contributed by atoms with van der Waals surface area (Å²) in [6.45, 7) is 0.262. The molecule has 3 rings (SSSR count). The number of anilines is 2. The standard InChI is InChI=1S/C14H13N5O2/c20-13-8-17-14(21)19(13)9-10-3-5-16-12(6-10)18-11-2-1-4-15-7-11/h1-8,20H,9H2,(H,16,18)(H,17,21). The van der Waals surface area contributed by atoms with Gasteiger partial charge in [-0.15, -0.1) is 0 Å². The van der Waals surface area contributed by atoms with Crippen LogP contribution in [0.4, 0.5) is 11.5 Å². The van der Waals surface area contributed by atoms with Crippen molar-refractivity contribution in [3.8, 4) is 5.88 Å². The maximum atomic E-state index is 11.5. The van der Waals surface area contributed by atoms with Crippen molar-refractivity contribution in [2.75, 3.05) is 5.32 Å². The van der Waals surface area contributed by atoms with Crippen LogP contribution >= 0.6 is 0 Å². The molecule has 0 saturated carbocycles. The van der Waals surface area contributed by atoms with Crippen LogP contribution in [0.3, 0.4) is 0 Å². The zero-order valence-electron chi connectivity index (χ0n) is 11.0. The molecule has 7 nitrogen and oxygen atoms in total. The van der Waals surface area contributed by atoms with E-state index in [0.29, 0.717) is 5.82 Å². The molecule has 7 heteroatoms. The summed E-state index contributed by atoms with van der Waals surface area (Å²) in [5.41, 5.74) is 1.31. The Kier molecular flexibility index (Phi) is 3.38. The molecule has 3 aromatic heterocycles. The first-order valence-corrected chi connectivity index (χ1v) is 6.31. The molecule has 0 aliphatic carbocycles. The molecule has 3 heterocycles. The lowest BCUT2D eigenvalue weighted by Crippen LogP contribution is -2.17. The van der Waals surface area contributed by atoms with Gasteiger partial charge in [-0.1, -0.05) is 0 Å². The van der Waals surface area contributed by atoms with Crippen molar-refractivity contribution in [1.82, 2.24) is 19.5 Å². The van der Waals surface area contributed by atoms with E-state index >= 15 is 0 Å². The van der Waals surface area contributed by atoms with Gasteiger partial charge >= 0.3 is 5.69 Å². The molecule has 0 bridgehead atoms. The summed E-state index contributed by atoms with van der Waals surface area (Å²) in [5, 5.41) is 12.7. The van der Waals surface area contributed by atoms with Crippen LogP contribution in [0, 0.1) is 0 Å². The van der Waals surface area contributed by atoms with E-state index in [4.69, 9.17) is 0 Å². The molecule has 0 fully saturated rings. The third-order valence-electron chi connectivity index (χ3n) is 2.95. The predicted octanol–water partition coefficient (Wildman–Crippen LogP) is 1.46. The average Bonchev–Trinajstić information content (AvgIpc) is 2.81. The van der Waals surface area contributed by atoms with Gasteiger partial charge in [-0.3, -0.25) is 9.55 Å². The number of imidazole rings is 1. The normalized spacial score (nSPS) is 10.5. The molecule has 0 radical (unpaired) electrons. The summed E-state index contributed by atoms with van der Waals surface area (Å²) >= 11 is 0. The van der Waals surface area contributed by atoms with E-state index in [1.165, 1.54) is 10.8 Å². The third-order valence-corrected chi connectivity index (χ3v) is 2.95. The number of H-pyrrole nitrogens is 1. The number of pyridine rings is 2. The van der Waals surface area contributed by atoms with Gasteiger partial charge in [0.1, 0.15) is 5.82 Å². The summed E-state index contributed by atoms with van der Waals surface area (Å²) in [5.74, 6) is 0.544. The minimum Gasteiger partial charge on any atom is -0.493 e. The van der Waals surface area contributed by atoms with Crippen molar-refractivity contribution < 1.29 is 5.11 Å². The minimum atomic E-state index is -0.355. The summed E-state index contributed by atoms with van der Waals surface area (Å²) in [7, 11) is 0. The maximum Gasteiger partial charge on any atom is 0.328 e. The van der Waals surface area contributed by atoms with Gasteiger partial charge < -0.3 is 15.4 Å². The number of aromatic amines is 1. The Bertz CT molecular complexity index is 794. The minimum absolute atomic E-state index is 0.0985. The highest BCUT2D eigenvalue weighted by molar-refractivity contribution is 5.55. The number of nitrogens with one attached hydrogen (secondary N) is 2. The van der Waals surface area contributed by atoms with Crippen LogP contribution < -0.4 is 11.0 Å². The molecule has 0 unspecified atom stereocenters. The second-order valence-electron chi connectivity index (χ2n) is 4.45. The Morgan fingerprint density at radius 1 is 1.33 bits per heavy atom. The molecule has 0 spiro atoms. The summed E-state index contributed by atoms with van der Waals surface area (Å²) < 4.78 is 1.24. The zero-order chi connectivity index (χ0) is 14.7. The van der Waals surface area contributed by atoms with Gasteiger partial charge in [0.15, 0.2) is 0 Å². The molecular weight excluding hydrogens is 270 g/mol. The SMILES string of the molecule is O=c1[nH]cc(O)n1Cc1ccnc(Nc2cccnc2)c1. The maximum absolute atomic E-state index is 11.5. The lowest BCUT2D eigenvalue weighted by molar-refractivity contribution is 0.421. The fourth-order valence-electron chi connectivity index (χ4n) is 1.95. The second kappa shape index (κ2) is 5.49. The van der Waals surface area contributed by atoms with Crippen LogP contribution in [0.5, 0.6) is 5.88 Å². The van der Waals surface area contributed by atoms with E-state index in [9.17, 15) is 9.90 Å². The first-order valence-electron chi connectivity index (χ1n) is 6.31.